The van der Waals surface area contributed by atoms with Crippen LogP contribution in [0.4, 0.5) is 0 Å². The van der Waals surface area contributed by atoms with Gasteiger partial charge in [0.15, 0.2) is 0 Å². The van der Waals surface area contributed by atoms with Crippen molar-refractivity contribution in [1.29, 1.82) is 0 Å². The molecule has 3 fully saturated rings. The molecule has 4 unspecified atom stereocenters. The Kier molecular flexibility index (Phi) is 14.4. The third-order valence-corrected chi connectivity index (χ3v) is 8.90. The Labute approximate surface area is 203 Å². The topological polar surface area (TPSA) is 20.2 Å². The maximum absolute atomic E-state index is 10.1. The van der Waals surface area contributed by atoms with Gasteiger partial charge in [-0.05, 0) is 80.0 Å². The van der Waals surface area contributed by atoms with Crippen LogP contribution in [0.25, 0.3) is 0 Å². The van der Waals surface area contributed by atoms with Crippen molar-refractivity contribution in [3.05, 3.63) is 23.3 Å². The third-order valence-electron chi connectivity index (χ3n) is 8.90. The first-order valence-electron chi connectivity index (χ1n) is 14.1. The molecule has 0 aromatic carbocycles. The molecule has 32 heavy (non-hydrogen) atoms. The van der Waals surface area contributed by atoms with Crippen molar-refractivity contribution in [3.63, 3.8) is 0 Å². The lowest BCUT2D eigenvalue weighted by molar-refractivity contribution is 0.0429. The minimum Gasteiger partial charge on any atom is -0.393 e. The fourth-order valence-corrected chi connectivity index (χ4v) is 7.21. The Morgan fingerprint density at radius 1 is 0.844 bits per heavy atom. The first kappa shape index (κ1) is 31.4. The van der Waals surface area contributed by atoms with Gasteiger partial charge in [0.2, 0.25) is 0 Å². The van der Waals surface area contributed by atoms with E-state index >= 15 is 0 Å². The summed E-state index contributed by atoms with van der Waals surface area (Å²) in [6, 6.07) is 0. The van der Waals surface area contributed by atoms with E-state index < -0.39 is 0 Å². The van der Waals surface area contributed by atoms with Gasteiger partial charge in [-0.15, -0.1) is 0 Å². The summed E-state index contributed by atoms with van der Waals surface area (Å²) in [6.45, 7) is 19.5. The smallest absolute Gasteiger partial charge is 0.0578 e. The van der Waals surface area contributed by atoms with E-state index in [9.17, 15) is 5.11 Å². The SMILES string of the molecule is C.CC.CC.CC.CCCCCC1CCC2C3=CC=C4CC(O)CC[C@]4(C)C3CC[C@]12C. The molecule has 3 saturated carbocycles. The lowest BCUT2D eigenvalue weighted by Crippen LogP contribution is -2.45. The van der Waals surface area contributed by atoms with Crippen molar-refractivity contribution in [3.8, 4) is 0 Å². The van der Waals surface area contributed by atoms with Gasteiger partial charge in [-0.2, -0.15) is 0 Å². The zero-order valence-corrected chi connectivity index (χ0v) is 22.7. The van der Waals surface area contributed by atoms with E-state index in [0.29, 0.717) is 10.8 Å². The van der Waals surface area contributed by atoms with E-state index in [1.165, 1.54) is 57.8 Å². The molecule has 0 heterocycles. The van der Waals surface area contributed by atoms with Crippen LogP contribution in [0.5, 0.6) is 0 Å². The Bertz CT molecular complexity index is 573. The lowest BCUT2D eigenvalue weighted by atomic mass is 9.50. The van der Waals surface area contributed by atoms with Gasteiger partial charge in [-0.25, -0.2) is 0 Å². The van der Waals surface area contributed by atoms with Crippen LogP contribution in [0, 0.1) is 28.6 Å². The van der Waals surface area contributed by atoms with Gasteiger partial charge in [-0.1, -0.05) is 112 Å². The van der Waals surface area contributed by atoms with Crippen LogP contribution >= 0.6 is 0 Å². The number of fused-ring (bicyclic) bond motifs is 5. The van der Waals surface area contributed by atoms with E-state index in [4.69, 9.17) is 0 Å². The molecule has 4 rings (SSSR count). The van der Waals surface area contributed by atoms with Crippen LogP contribution in [-0.4, -0.2) is 11.2 Å². The molecular weight excluding hydrogens is 388 g/mol. The number of hydrogen-bond donors (Lipinski definition) is 1. The van der Waals surface area contributed by atoms with Crippen LogP contribution in [0.1, 0.15) is 140 Å². The molecule has 1 heteroatoms. The maximum Gasteiger partial charge on any atom is 0.0578 e. The Hall–Kier alpha value is -0.560. The van der Waals surface area contributed by atoms with Gasteiger partial charge < -0.3 is 5.11 Å². The number of unbranched alkanes of at least 4 members (excludes halogenated alkanes) is 2. The van der Waals surface area contributed by atoms with E-state index in [0.717, 1.165) is 30.6 Å². The molecule has 0 bridgehead atoms. The largest absolute Gasteiger partial charge is 0.393 e. The van der Waals surface area contributed by atoms with Crippen molar-refractivity contribution in [1.82, 2.24) is 0 Å². The van der Waals surface area contributed by atoms with Gasteiger partial charge in [0, 0.05) is 0 Å². The molecule has 1 N–H and O–H groups in total. The van der Waals surface area contributed by atoms with Gasteiger partial charge in [0.25, 0.3) is 0 Å². The van der Waals surface area contributed by atoms with E-state index in [-0.39, 0.29) is 13.5 Å². The first-order chi connectivity index (χ1) is 15.0. The maximum atomic E-state index is 10.1. The van der Waals surface area contributed by atoms with Crippen molar-refractivity contribution in [2.24, 2.45) is 28.6 Å². The van der Waals surface area contributed by atoms with Crippen LogP contribution < -0.4 is 0 Å². The molecule has 0 aromatic rings. The summed E-state index contributed by atoms with van der Waals surface area (Å²) < 4.78 is 0. The monoisotopic (exact) mass is 448 g/mol. The van der Waals surface area contributed by atoms with Crippen molar-refractivity contribution >= 4 is 0 Å². The summed E-state index contributed by atoms with van der Waals surface area (Å²) in [7, 11) is 0. The second-order valence-corrected chi connectivity index (χ2v) is 10.1. The first-order valence-corrected chi connectivity index (χ1v) is 14.1. The van der Waals surface area contributed by atoms with Gasteiger partial charge in [0.1, 0.15) is 0 Å². The van der Waals surface area contributed by atoms with E-state index in [1.807, 2.05) is 41.5 Å². The standard InChI is InChI=1S/C24H38O.3C2H6.CH4/c1-4-5-6-7-17-9-11-21-20-10-8-18-16-19(25)12-14-24(18,3)22(20)13-15-23(17,21)2;3*1-2;/h8,10,17,19,21-22,25H,4-7,9,11-16H2,1-3H3;3*1-2H3;1H4/t17?,19?,21?,22?,23-,24+;;;;/m1..../s1. The highest BCUT2D eigenvalue weighted by molar-refractivity contribution is 5.38. The van der Waals surface area contributed by atoms with Crippen LogP contribution in [0.15, 0.2) is 23.3 Å². The predicted octanol–water partition coefficient (Wildman–Crippen LogP) is 10.1. The molecule has 0 amide bonds. The molecular formula is C31H60O. The molecule has 0 spiro atoms. The van der Waals surface area contributed by atoms with Crippen molar-refractivity contribution < 1.29 is 5.11 Å². The molecule has 0 aromatic heterocycles. The van der Waals surface area contributed by atoms with Gasteiger partial charge in [0.05, 0.1) is 6.10 Å². The number of aliphatic hydroxyl groups is 1. The molecule has 1 nitrogen and oxygen atoms in total. The highest BCUT2D eigenvalue weighted by Crippen LogP contribution is 2.65. The second kappa shape index (κ2) is 14.6. The average molecular weight is 449 g/mol. The van der Waals surface area contributed by atoms with Crippen LogP contribution in [0.2, 0.25) is 0 Å². The number of hydrogen-bond acceptors (Lipinski definition) is 1. The Balaban J connectivity index is 0.00000127. The molecule has 0 radical (unpaired) electrons. The summed E-state index contributed by atoms with van der Waals surface area (Å²) in [4.78, 5) is 0. The minimum absolute atomic E-state index is 0. The minimum atomic E-state index is -0.0995. The third kappa shape index (κ3) is 6.11. The number of aliphatic hydroxyl groups excluding tert-OH is 1. The number of allylic oxidation sites excluding steroid dienone is 3. The quantitative estimate of drug-likeness (QED) is 0.424. The molecule has 6 atom stereocenters. The zero-order chi connectivity index (χ0) is 23.7. The zero-order valence-electron chi connectivity index (χ0n) is 22.7. The lowest BCUT2D eigenvalue weighted by Gasteiger charge is -2.54. The summed E-state index contributed by atoms with van der Waals surface area (Å²) in [5.41, 5.74) is 4.24. The Morgan fingerprint density at radius 3 is 2.12 bits per heavy atom. The fraction of sp³-hybridized carbons (Fsp3) is 0.871. The summed E-state index contributed by atoms with van der Waals surface area (Å²) in [5.74, 6) is 2.55. The molecule has 0 aliphatic heterocycles. The van der Waals surface area contributed by atoms with Crippen LogP contribution in [0.3, 0.4) is 0 Å². The second-order valence-electron chi connectivity index (χ2n) is 10.1. The highest BCUT2D eigenvalue weighted by atomic mass is 16.3. The summed E-state index contributed by atoms with van der Waals surface area (Å²) in [6.07, 6.45) is 19.3. The average Bonchev–Trinajstić information content (AvgIpc) is 3.15. The van der Waals surface area contributed by atoms with Crippen LogP contribution in [-0.2, 0) is 0 Å². The van der Waals surface area contributed by atoms with E-state index in [2.05, 4.69) is 32.9 Å². The molecule has 0 saturated heterocycles. The number of rotatable bonds is 4. The van der Waals surface area contributed by atoms with Crippen molar-refractivity contribution in [2.45, 2.75) is 146 Å². The van der Waals surface area contributed by atoms with Gasteiger partial charge >= 0.3 is 0 Å². The molecule has 190 valence electrons. The summed E-state index contributed by atoms with van der Waals surface area (Å²) >= 11 is 0. The summed E-state index contributed by atoms with van der Waals surface area (Å²) in [5, 5.41) is 10.1. The van der Waals surface area contributed by atoms with E-state index in [1.54, 1.807) is 11.1 Å². The predicted molar refractivity (Wildman–Crippen MR) is 146 cm³/mol. The van der Waals surface area contributed by atoms with Crippen molar-refractivity contribution in [2.75, 3.05) is 0 Å². The molecule has 4 aliphatic carbocycles. The molecule has 4 aliphatic rings. The van der Waals surface area contributed by atoms with Gasteiger partial charge in [-0.3, -0.25) is 0 Å². The fourth-order valence-electron chi connectivity index (χ4n) is 7.21. The Morgan fingerprint density at radius 2 is 1.50 bits per heavy atom. The normalized spacial score (nSPS) is 36.4. The highest BCUT2D eigenvalue weighted by Gasteiger charge is 2.55.